The molecule has 1 aliphatic heterocycles. The van der Waals surface area contributed by atoms with E-state index in [1.165, 1.54) is 0 Å². The van der Waals surface area contributed by atoms with Crippen LogP contribution < -0.4 is 26.0 Å². The van der Waals surface area contributed by atoms with E-state index in [2.05, 4.69) is 21.3 Å². The van der Waals surface area contributed by atoms with Crippen molar-refractivity contribution in [2.24, 2.45) is 0 Å². The summed E-state index contributed by atoms with van der Waals surface area (Å²) in [6, 6.07) is 5.60. The summed E-state index contributed by atoms with van der Waals surface area (Å²) in [6.07, 6.45) is 1.28. The maximum absolute atomic E-state index is 12.5. The smallest absolute Gasteiger partial charge is 0.242 e. The van der Waals surface area contributed by atoms with Gasteiger partial charge in [0.25, 0.3) is 0 Å². The number of ether oxygens (including phenoxy) is 1. The second-order valence-electron chi connectivity index (χ2n) is 6.95. The Balaban J connectivity index is 1.88. The van der Waals surface area contributed by atoms with E-state index in [0.29, 0.717) is 19.4 Å². The highest BCUT2D eigenvalue weighted by Crippen LogP contribution is 2.31. The van der Waals surface area contributed by atoms with Crippen LogP contribution in [0.4, 0.5) is 0 Å². The van der Waals surface area contributed by atoms with Gasteiger partial charge in [-0.15, -0.1) is 0 Å². The highest BCUT2D eigenvalue weighted by molar-refractivity contribution is 5.92. The molecular weight excluding hydrogens is 360 g/mol. The van der Waals surface area contributed by atoms with Crippen LogP contribution >= 0.6 is 0 Å². The molecule has 0 spiro atoms. The summed E-state index contributed by atoms with van der Waals surface area (Å²) in [5.74, 6) is -0.171. The molecule has 0 bridgehead atoms. The SMILES string of the molecule is CC[C@H](NC)C(=O)N[C@@H](C)C(=O)N[C@@H](C)C(=O)N[C@@H]1CCOc2ccccc21. The average molecular weight is 390 g/mol. The van der Waals surface area contributed by atoms with E-state index in [0.717, 1.165) is 11.3 Å². The Morgan fingerprint density at radius 2 is 1.71 bits per heavy atom. The van der Waals surface area contributed by atoms with E-state index >= 15 is 0 Å². The minimum atomic E-state index is -0.742. The van der Waals surface area contributed by atoms with Gasteiger partial charge in [-0.05, 0) is 33.4 Å². The molecule has 2 rings (SSSR count). The first-order chi connectivity index (χ1) is 13.4. The van der Waals surface area contributed by atoms with Crippen molar-refractivity contribution in [3.8, 4) is 5.75 Å². The molecule has 0 unspecified atom stereocenters. The molecule has 3 amide bonds. The summed E-state index contributed by atoms with van der Waals surface area (Å²) in [5.41, 5.74) is 0.930. The molecular formula is C20H30N4O4. The van der Waals surface area contributed by atoms with Crippen LogP contribution in [0.3, 0.4) is 0 Å². The summed E-state index contributed by atoms with van der Waals surface area (Å²) in [6.45, 7) is 5.62. The number of benzene rings is 1. The number of hydrogen-bond donors (Lipinski definition) is 4. The fourth-order valence-corrected chi connectivity index (χ4v) is 3.09. The van der Waals surface area contributed by atoms with E-state index < -0.39 is 18.0 Å². The van der Waals surface area contributed by atoms with Crippen LogP contribution in [0.25, 0.3) is 0 Å². The standard InChI is InChI=1S/C20H30N4O4/c1-5-15(21-4)20(27)23-12(2)18(25)22-13(3)19(26)24-16-10-11-28-17-9-7-6-8-14(16)17/h6-9,12-13,15-16,21H,5,10-11H2,1-4H3,(H,22,25)(H,23,27)(H,24,26)/t12-,13-,15-,16+/m0/s1. The Morgan fingerprint density at radius 3 is 2.39 bits per heavy atom. The van der Waals surface area contributed by atoms with Crippen LogP contribution in [-0.2, 0) is 14.4 Å². The van der Waals surface area contributed by atoms with Crippen molar-refractivity contribution < 1.29 is 19.1 Å². The highest BCUT2D eigenvalue weighted by atomic mass is 16.5. The molecule has 0 fully saturated rings. The topological polar surface area (TPSA) is 109 Å². The van der Waals surface area contributed by atoms with Gasteiger partial charge in [0, 0.05) is 12.0 Å². The third kappa shape index (κ3) is 5.45. The number of para-hydroxylation sites is 1. The summed E-state index contributed by atoms with van der Waals surface area (Å²) in [7, 11) is 1.69. The van der Waals surface area contributed by atoms with Crippen molar-refractivity contribution in [1.29, 1.82) is 0 Å². The Morgan fingerprint density at radius 1 is 1.07 bits per heavy atom. The fourth-order valence-electron chi connectivity index (χ4n) is 3.09. The van der Waals surface area contributed by atoms with Gasteiger partial charge < -0.3 is 26.0 Å². The molecule has 8 nitrogen and oxygen atoms in total. The molecule has 28 heavy (non-hydrogen) atoms. The third-order valence-corrected chi connectivity index (χ3v) is 4.85. The monoisotopic (exact) mass is 390 g/mol. The van der Waals surface area contributed by atoms with Crippen LogP contribution in [0.5, 0.6) is 5.75 Å². The van der Waals surface area contributed by atoms with Crippen molar-refractivity contribution in [2.45, 2.75) is 57.8 Å². The van der Waals surface area contributed by atoms with Gasteiger partial charge in [0.05, 0.1) is 18.7 Å². The second kappa shape index (κ2) is 10.1. The maximum atomic E-state index is 12.5. The van der Waals surface area contributed by atoms with Gasteiger partial charge in [0.1, 0.15) is 17.8 Å². The minimum Gasteiger partial charge on any atom is -0.493 e. The van der Waals surface area contributed by atoms with Crippen LogP contribution in [0.1, 0.15) is 45.2 Å². The van der Waals surface area contributed by atoms with Crippen molar-refractivity contribution in [1.82, 2.24) is 21.3 Å². The molecule has 0 aliphatic carbocycles. The third-order valence-electron chi connectivity index (χ3n) is 4.85. The van der Waals surface area contributed by atoms with Crippen molar-refractivity contribution in [3.63, 3.8) is 0 Å². The molecule has 0 saturated carbocycles. The van der Waals surface area contributed by atoms with Crippen molar-refractivity contribution in [2.75, 3.05) is 13.7 Å². The number of nitrogens with one attached hydrogen (secondary N) is 4. The first-order valence-corrected chi connectivity index (χ1v) is 9.67. The quantitative estimate of drug-likeness (QED) is 0.521. The second-order valence-corrected chi connectivity index (χ2v) is 6.95. The van der Waals surface area contributed by atoms with E-state index in [9.17, 15) is 14.4 Å². The number of rotatable bonds is 8. The predicted molar refractivity (Wildman–Crippen MR) is 106 cm³/mol. The van der Waals surface area contributed by atoms with Gasteiger partial charge in [0.2, 0.25) is 17.7 Å². The molecule has 4 atom stereocenters. The number of fused-ring (bicyclic) bond motifs is 1. The van der Waals surface area contributed by atoms with Gasteiger partial charge in [-0.3, -0.25) is 14.4 Å². The minimum absolute atomic E-state index is 0.158. The lowest BCUT2D eigenvalue weighted by molar-refractivity contribution is -0.132. The van der Waals surface area contributed by atoms with E-state index in [4.69, 9.17) is 4.74 Å². The Labute approximate surface area is 165 Å². The average Bonchev–Trinajstić information content (AvgIpc) is 2.69. The molecule has 1 heterocycles. The highest BCUT2D eigenvalue weighted by Gasteiger charge is 2.27. The predicted octanol–water partition coefficient (Wildman–Crippen LogP) is 0.634. The van der Waals surface area contributed by atoms with Crippen LogP contribution in [0.2, 0.25) is 0 Å². The van der Waals surface area contributed by atoms with E-state index in [1.807, 2.05) is 31.2 Å². The van der Waals surface area contributed by atoms with Crippen molar-refractivity contribution >= 4 is 17.7 Å². The molecule has 0 radical (unpaired) electrons. The van der Waals surface area contributed by atoms with E-state index in [1.54, 1.807) is 20.9 Å². The lowest BCUT2D eigenvalue weighted by Gasteiger charge is -2.28. The summed E-state index contributed by atoms with van der Waals surface area (Å²) in [5, 5.41) is 11.2. The van der Waals surface area contributed by atoms with Gasteiger partial charge >= 0.3 is 0 Å². The Bertz CT molecular complexity index is 705. The van der Waals surface area contributed by atoms with Gasteiger partial charge in [-0.1, -0.05) is 25.1 Å². The summed E-state index contributed by atoms with van der Waals surface area (Å²) >= 11 is 0. The lowest BCUT2D eigenvalue weighted by atomic mass is 10.0. The number of carbonyl (C=O) groups excluding carboxylic acids is 3. The zero-order chi connectivity index (χ0) is 20.7. The summed E-state index contributed by atoms with van der Waals surface area (Å²) in [4.78, 5) is 36.9. The van der Waals surface area contributed by atoms with Crippen LogP contribution in [0.15, 0.2) is 24.3 Å². The van der Waals surface area contributed by atoms with Gasteiger partial charge in [-0.2, -0.15) is 0 Å². The Kier molecular flexibility index (Phi) is 7.80. The molecule has 1 aromatic carbocycles. The van der Waals surface area contributed by atoms with E-state index in [-0.39, 0.29) is 23.9 Å². The van der Waals surface area contributed by atoms with Gasteiger partial charge in [-0.25, -0.2) is 0 Å². The molecule has 154 valence electrons. The van der Waals surface area contributed by atoms with Gasteiger partial charge in [0.15, 0.2) is 0 Å². The van der Waals surface area contributed by atoms with Crippen LogP contribution in [0, 0.1) is 0 Å². The zero-order valence-electron chi connectivity index (χ0n) is 16.9. The number of likely N-dealkylation sites (N-methyl/N-ethyl adjacent to an activating group) is 1. The maximum Gasteiger partial charge on any atom is 0.242 e. The number of carbonyl (C=O) groups is 3. The lowest BCUT2D eigenvalue weighted by Crippen LogP contribution is -2.54. The fraction of sp³-hybridized carbons (Fsp3) is 0.550. The number of amides is 3. The van der Waals surface area contributed by atoms with Crippen LogP contribution in [-0.4, -0.2) is 49.5 Å². The molecule has 1 aliphatic rings. The molecule has 0 aromatic heterocycles. The molecule has 4 N–H and O–H groups in total. The van der Waals surface area contributed by atoms with Crippen molar-refractivity contribution in [3.05, 3.63) is 29.8 Å². The summed E-state index contributed by atoms with van der Waals surface area (Å²) < 4.78 is 5.60. The zero-order valence-corrected chi connectivity index (χ0v) is 16.9. The first kappa shape index (κ1) is 21.7. The molecule has 1 aromatic rings. The largest absolute Gasteiger partial charge is 0.493 e. The molecule has 8 heteroatoms. The normalized spacial score (nSPS) is 18.6. The first-order valence-electron chi connectivity index (χ1n) is 9.67. The molecule has 0 saturated heterocycles. The Hall–Kier alpha value is -2.61. The number of hydrogen-bond acceptors (Lipinski definition) is 5.